The monoisotopic (exact) mass is 500 g/mol. The highest BCUT2D eigenvalue weighted by molar-refractivity contribution is 6.08. The average molecular weight is 501 g/mol. The second-order valence-electron chi connectivity index (χ2n) is 12.4. The van der Waals surface area contributed by atoms with Gasteiger partial charge in [0.15, 0.2) is 5.78 Å². The summed E-state index contributed by atoms with van der Waals surface area (Å²) >= 11 is 0. The lowest BCUT2D eigenvalue weighted by molar-refractivity contribution is -0.198. The van der Waals surface area contributed by atoms with Crippen molar-refractivity contribution >= 4 is 11.4 Å². The van der Waals surface area contributed by atoms with Gasteiger partial charge in [-0.15, -0.1) is 0 Å². The summed E-state index contributed by atoms with van der Waals surface area (Å²) < 4.78 is 6.97. The Morgan fingerprint density at radius 3 is 2.05 bits per heavy atom. The first-order valence-corrected chi connectivity index (χ1v) is 13.9. The van der Waals surface area contributed by atoms with Gasteiger partial charge in [0.25, 0.3) is 0 Å². The molecule has 4 unspecified atom stereocenters. The highest BCUT2D eigenvalue weighted by Crippen LogP contribution is 2.68. The minimum atomic E-state index is -0.878. The van der Waals surface area contributed by atoms with Crippen molar-refractivity contribution in [1.29, 1.82) is 0 Å². The van der Waals surface area contributed by atoms with E-state index >= 15 is 4.79 Å². The maximum Gasteiger partial charge on any atom is 0.180 e. The van der Waals surface area contributed by atoms with E-state index in [-0.39, 0.29) is 23.2 Å². The van der Waals surface area contributed by atoms with Gasteiger partial charge >= 0.3 is 0 Å². The smallest absolute Gasteiger partial charge is 0.180 e. The maximum absolute atomic E-state index is 15.1. The highest BCUT2D eigenvalue weighted by Gasteiger charge is 2.71. The molecule has 2 heteroatoms. The van der Waals surface area contributed by atoms with Crippen LogP contribution in [0.25, 0.3) is 5.57 Å². The summed E-state index contributed by atoms with van der Waals surface area (Å²) in [6.45, 7) is 24.2. The molecule has 4 atom stereocenters. The molecule has 1 aliphatic carbocycles. The molecule has 37 heavy (non-hydrogen) atoms. The molecule has 200 valence electrons. The van der Waals surface area contributed by atoms with Crippen molar-refractivity contribution in [3.05, 3.63) is 89.1 Å². The van der Waals surface area contributed by atoms with Gasteiger partial charge in [-0.25, -0.2) is 0 Å². The SMILES string of the molecule is C=C1C(CC=C(C)C)OC2(CC=C(C)C)CC(CC=C(C)C)C(C)(C)C1(C(=CC)c1ccccc1)C2=O. The van der Waals surface area contributed by atoms with Crippen molar-refractivity contribution in [3.63, 3.8) is 0 Å². The molecule has 0 radical (unpaired) electrons. The van der Waals surface area contributed by atoms with Gasteiger partial charge in [-0.05, 0) is 95.8 Å². The van der Waals surface area contributed by atoms with Gasteiger partial charge in [-0.1, -0.05) is 91.8 Å². The summed E-state index contributed by atoms with van der Waals surface area (Å²) in [5.74, 6) is 0.442. The zero-order valence-corrected chi connectivity index (χ0v) is 24.7. The molecular formula is C35H48O2. The number of ketones is 1. The number of benzene rings is 1. The fourth-order valence-corrected chi connectivity index (χ4v) is 6.67. The van der Waals surface area contributed by atoms with Crippen LogP contribution in [0.15, 0.2) is 83.5 Å². The number of hydrogen-bond donors (Lipinski definition) is 0. The number of carbonyl (C=O) groups excluding carboxylic acids is 1. The van der Waals surface area contributed by atoms with Gasteiger partial charge in [-0.2, -0.15) is 0 Å². The molecule has 0 spiro atoms. The van der Waals surface area contributed by atoms with Crippen LogP contribution in [0.2, 0.25) is 0 Å². The van der Waals surface area contributed by atoms with Crippen molar-refractivity contribution in [2.75, 3.05) is 0 Å². The predicted octanol–water partition coefficient (Wildman–Crippen LogP) is 9.45. The van der Waals surface area contributed by atoms with Crippen LogP contribution in [0.4, 0.5) is 0 Å². The van der Waals surface area contributed by atoms with Gasteiger partial charge in [0.05, 0.1) is 11.5 Å². The summed E-state index contributed by atoms with van der Waals surface area (Å²) in [6, 6.07) is 10.4. The highest BCUT2D eigenvalue weighted by atomic mass is 16.5. The summed E-state index contributed by atoms with van der Waals surface area (Å²) in [4.78, 5) is 15.1. The van der Waals surface area contributed by atoms with E-state index in [1.54, 1.807) is 0 Å². The normalized spacial score (nSPS) is 28.9. The molecule has 1 saturated carbocycles. The number of Topliss-reactive ketones (excluding diaryl/α,β-unsaturated/α-hetero) is 1. The molecule has 1 aromatic rings. The van der Waals surface area contributed by atoms with Crippen LogP contribution in [-0.4, -0.2) is 17.5 Å². The molecule has 3 rings (SSSR count). The lowest BCUT2D eigenvalue weighted by Crippen LogP contribution is -2.69. The van der Waals surface area contributed by atoms with Crippen LogP contribution in [0.1, 0.15) is 93.6 Å². The van der Waals surface area contributed by atoms with E-state index in [0.29, 0.717) is 6.42 Å². The molecule has 1 saturated heterocycles. The van der Waals surface area contributed by atoms with Gasteiger partial charge < -0.3 is 4.74 Å². The van der Waals surface area contributed by atoms with Gasteiger partial charge in [0.2, 0.25) is 0 Å². The first-order valence-electron chi connectivity index (χ1n) is 13.9. The van der Waals surface area contributed by atoms with Gasteiger partial charge in [-0.3, -0.25) is 4.79 Å². The van der Waals surface area contributed by atoms with E-state index in [9.17, 15) is 0 Å². The van der Waals surface area contributed by atoms with Crippen molar-refractivity contribution in [2.24, 2.45) is 16.7 Å². The Morgan fingerprint density at radius 1 is 0.946 bits per heavy atom. The molecular weight excluding hydrogens is 452 g/mol. The van der Waals surface area contributed by atoms with E-state index in [1.807, 2.05) is 6.07 Å². The standard InChI is InChI=1S/C35H48O2/c1-11-30(28-15-13-12-14-16-28)35-27(8)31(20-18-25(4)5)37-34(32(35)36,22-21-26(6)7)23-29(33(35,9)10)19-17-24(2)3/h11-18,21,29,31H,8,19-20,22-23H2,1-7,9-10H3. The first kappa shape index (κ1) is 29.1. The number of ether oxygens (including phenoxy) is 1. The van der Waals surface area contributed by atoms with E-state index in [4.69, 9.17) is 11.3 Å². The summed E-state index contributed by atoms with van der Waals surface area (Å²) in [6.07, 6.45) is 11.7. The molecule has 0 aromatic heterocycles. The molecule has 2 nitrogen and oxygen atoms in total. The van der Waals surface area contributed by atoms with E-state index in [0.717, 1.165) is 36.0 Å². The van der Waals surface area contributed by atoms with Crippen molar-refractivity contribution in [1.82, 2.24) is 0 Å². The van der Waals surface area contributed by atoms with Gasteiger partial charge in [0.1, 0.15) is 5.60 Å². The van der Waals surface area contributed by atoms with Crippen LogP contribution >= 0.6 is 0 Å². The van der Waals surface area contributed by atoms with E-state index < -0.39 is 11.0 Å². The number of rotatable bonds is 8. The van der Waals surface area contributed by atoms with Crippen LogP contribution in [-0.2, 0) is 9.53 Å². The number of hydrogen-bond acceptors (Lipinski definition) is 2. The molecule has 0 amide bonds. The first-order chi connectivity index (χ1) is 17.3. The third-order valence-corrected chi connectivity index (χ3v) is 8.72. The Morgan fingerprint density at radius 2 is 1.51 bits per heavy atom. The second kappa shape index (κ2) is 11.1. The molecule has 2 fully saturated rings. The number of carbonyl (C=O) groups is 1. The third-order valence-electron chi connectivity index (χ3n) is 8.72. The van der Waals surface area contributed by atoms with Crippen LogP contribution < -0.4 is 0 Å². The maximum atomic E-state index is 15.1. The Kier molecular flexibility index (Phi) is 8.75. The lowest BCUT2D eigenvalue weighted by atomic mass is 9.41. The van der Waals surface area contributed by atoms with Crippen LogP contribution in [0, 0.1) is 16.7 Å². The largest absolute Gasteiger partial charge is 0.359 e. The molecule has 0 N–H and O–H groups in total. The van der Waals surface area contributed by atoms with Crippen LogP contribution in [0.5, 0.6) is 0 Å². The second-order valence-corrected chi connectivity index (χ2v) is 12.4. The number of fused-ring (bicyclic) bond motifs is 2. The summed E-state index contributed by atoms with van der Waals surface area (Å²) in [7, 11) is 0. The molecule has 1 aromatic carbocycles. The van der Waals surface area contributed by atoms with Crippen LogP contribution in [0.3, 0.4) is 0 Å². The topological polar surface area (TPSA) is 26.3 Å². The average Bonchev–Trinajstić information content (AvgIpc) is 2.83. The van der Waals surface area contributed by atoms with Crippen molar-refractivity contribution < 1.29 is 9.53 Å². The number of allylic oxidation sites excluding steroid dienone is 6. The van der Waals surface area contributed by atoms with E-state index in [1.165, 1.54) is 16.7 Å². The molecule has 1 aliphatic heterocycles. The summed E-state index contributed by atoms with van der Waals surface area (Å²) in [5.41, 5.74) is 4.75. The van der Waals surface area contributed by atoms with Crippen molar-refractivity contribution in [2.45, 2.75) is 99.7 Å². The Balaban J connectivity index is 2.38. The lowest BCUT2D eigenvalue weighted by Gasteiger charge is -2.64. The fourth-order valence-electron chi connectivity index (χ4n) is 6.67. The quantitative estimate of drug-likeness (QED) is 0.332. The zero-order valence-electron chi connectivity index (χ0n) is 24.7. The predicted molar refractivity (Wildman–Crippen MR) is 158 cm³/mol. The van der Waals surface area contributed by atoms with Crippen molar-refractivity contribution in [3.8, 4) is 0 Å². The Bertz CT molecular complexity index is 1130. The van der Waals surface area contributed by atoms with Gasteiger partial charge in [0, 0.05) is 6.42 Å². The molecule has 2 bridgehead atoms. The molecule has 1 heterocycles. The third kappa shape index (κ3) is 5.15. The summed E-state index contributed by atoms with van der Waals surface area (Å²) in [5, 5.41) is 0. The zero-order chi connectivity index (χ0) is 27.6. The minimum Gasteiger partial charge on any atom is -0.359 e. The Labute approximate surface area is 226 Å². The Hall–Kier alpha value is -2.45. The minimum absolute atomic E-state index is 0.186. The fraction of sp³-hybridized carbons (Fsp3) is 0.514. The van der Waals surface area contributed by atoms with E-state index in [2.05, 4.69) is 111 Å². The molecule has 2 aliphatic rings.